The number of carbonyl (C=O) groups is 1. The number of hydrogen-bond donors (Lipinski definition) is 2. The molecular formula is C13H11ClN2O. The van der Waals surface area contributed by atoms with Crippen molar-refractivity contribution in [3.8, 4) is 11.1 Å². The van der Waals surface area contributed by atoms with Crippen LogP contribution >= 0.6 is 11.6 Å². The van der Waals surface area contributed by atoms with E-state index in [1.54, 1.807) is 12.1 Å². The summed E-state index contributed by atoms with van der Waals surface area (Å²) in [7, 11) is 0. The Morgan fingerprint density at radius 2 is 1.41 bits per heavy atom. The van der Waals surface area contributed by atoms with E-state index in [-0.39, 0.29) is 5.91 Å². The number of nitrogen functional groups attached to an aromatic ring is 1. The summed E-state index contributed by atoms with van der Waals surface area (Å²) in [5.41, 5.74) is 4.70. The first-order valence-electron chi connectivity index (χ1n) is 5.07. The van der Waals surface area contributed by atoms with Gasteiger partial charge in [-0.3, -0.25) is 10.2 Å². The van der Waals surface area contributed by atoms with Gasteiger partial charge in [0.25, 0.3) is 5.91 Å². The van der Waals surface area contributed by atoms with E-state index in [2.05, 4.69) is 5.43 Å². The molecule has 0 heterocycles. The van der Waals surface area contributed by atoms with Crippen molar-refractivity contribution in [3.05, 3.63) is 59.1 Å². The van der Waals surface area contributed by atoms with Crippen molar-refractivity contribution in [2.45, 2.75) is 0 Å². The maximum absolute atomic E-state index is 11.3. The molecule has 0 aromatic heterocycles. The summed E-state index contributed by atoms with van der Waals surface area (Å²) in [6.45, 7) is 0. The van der Waals surface area contributed by atoms with Gasteiger partial charge in [0.1, 0.15) is 0 Å². The third kappa shape index (κ3) is 2.64. The SMILES string of the molecule is NNC(=O)c1ccc(-c2ccc(Cl)cc2)cc1. The molecule has 0 fully saturated rings. The first-order valence-corrected chi connectivity index (χ1v) is 5.45. The van der Waals surface area contributed by atoms with Gasteiger partial charge in [-0.25, -0.2) is 5.84 Å². The fourth-order valence-electron chi connectivity index (χ4n) is 1.54. The highest BCUT2D eigenvalue weighted by Gasteiger charge is 2.03. The van der Waals surface area contributed by atoms with E-state index < -0.39 is 0 Å². The Bertz CT molecular complexity index is 520. The van der Waals surface area contributed by atoms with Crippen molar-refractivity contribution >= 4 is 17.5 Å². The lowest BCUT2D eigenvalue weighted by molar-refractivity contribution is 0.0953. The molecule has 0 bridgehead atoms. The lowest BCUT2D eigenvalue weighted by Gasteiger charge is -2.03. The normalized spacial score (nSPS) is 10.0. The molecule has 0 aliphatic heterocycles. The van der Waals surface area contributed by atoms with Gasteiger partial charge >= 0.3 is 0 Å². The summed E-state index contributed by atoms with van der Waals surface area (Å²) < 4.78 is 0. The Kier molecular flexibility index (Phi) is 3.42. The molecule has 2 rings (SSSR count). The molecule has 2 aromatic carbocycles. The molecule has 3 N–H and O–H groups in total. The molecule has 4 heteroatoms. The fraction of sp³-hybridized carbons (Fsp3) is 0. The van der Waals surface area contributed by atoms with Crippen molar-refractivity contribution in [1.29, 1.82) is 0 Å². The molecule has 0 aliphatic rings. The average molecular weight is 247 g/mol. The van der Waals surface area contributed by atoms with Crippen molar-refractivity contribution in [2.24, 2.45) is 5.84 Å². The highest BCUT2D eigenvalue weighted by molar-refractivity contribution is 6.30. The standard InChI is InChI=1S/C13H11ClN2O/c14-12-7-5-10(6-8-12)9-1-3-11(4-2-9)13(17)16-15/h1-8H,15H2,(H,16,17). The van der Waals surface area contributed by atoms with E-state index in [0.29, 0.717) is 10.6 Å². The van der Waals surface area contributed by atoms with Crippen molar-refractivity contribution in [1.82, 2.24) is 5.43 Å². The molecule has 2 aromatic rings. The molecule has 0 atom stereocenters. The minimum absolute atomic E-state index is 0.298. The van der Waals surface area contributed by atoms with Gasteiger partial charge < -0.3 is 0 Å². The van der Waals surface area contributed by atoms with Crippen LogP contribution in [0.5, 0.6) is 0 Å². The van der Waals surface area contributed by atoms with E-state index in [1.807, 2.05) is 36.4 Å². The summed E-state index contributed by atoms with van der Waals surface area (Å²) in [5, 5.41) is 0.702. The van der Waals surface area contributed by atoms with Crippen LogP contribution in [0, 0.1) is 0 Å². The van der Waals surface area contributed by atoms with Crippen LogP contribution in [0.2, 0.25) is 5.02 Å². The first kappa shape index (κ1) is 11.6. The van der Waals surface area contributed by atoms with Gasteiger partial charge in [0.15, 0.2) is 0 Å². The molecule has 3 nitrogen and oxygen atoms in total. The quantitative estimate of drug-likeness (QED) is 0.486. The Morgan fingerprint density at radius 3 is 1.88 bits per heavy atom. The van der Waals surface area contributed by atoms with E-state index >= 15 is 0 Å². The van der Waals surface area contributed by atoms with Crippen LogP contribution in [-0.2, 0) is 0 Å². The van der Waals surface area contributed by atoms with Gasteiger partial charge in [-0.15, -0.1) is 0 Å². The van der Waals surface area contributed by atoms with E-state index in [1.165, 1.54) is 0 Å². The smallest absolute Gasteiger partial charge is 0.265 e. The van der Waals surface area contributed by atoms with E-state index in [0.717, 1.165) is 11.1 Å². The third-order valence-electron chi connectivity index (χ3n) is 2.46. The van der Waals surface area contributed by atoms with Crippen LogP contribution in [-0.4, -0.2) is 5.91 Å². The Labute approximate surface area is 104 Å². The maximum Gasteiger partial charge on any atom is 0.265 e. The first-order chi connectivity index (χ1) is 8.20. The number of nitrogens with two attached hydrogens (primary N) is 1. The Morgan fingerprint density at radius 1 is 0.941 bits per heavy atom. The number of nitrogens with one attached hydrogen (secondary N) is 1. The summed E-state index contributed by atoms with van der Waals surface area (Å²) in [4.78, 5) is 11.3. The van der Waals surface area contributed by atoms with E-state index in [4.69, 9.17) is 17.4 Å². The van der Waals surface area contributed by atoms with Gasteiger partial charge in [0.2, 0.25) is 0 Å². The van der Waals surface area contributed by atoms with Crippen LogP contribution in [0.4, 0.5) is 0 Å². The predicted molar refractivity (Wildman–Crippen MR) is 68.5 cm³/mol. The molecule has 86 valence electrons. The van der Waals surface area contributed by atoms with E-state index in [9.17, 15) is 4.79 Å². The number of hydrazine groups is 1. The van der Waals surface area contributed by atoms with Gasteiger partial charge in [-0.05, 0) is 35.4 Å². The molecule has 0 saturated heterocycles. The van der Waals surface area contributed by atoms with Gasteiger partial charge in [-0.2, -0.15) is 0 Å². The molecule has 0 unspecified atom stereocenters. The number of benzene rings is 2. The fourth-order valence-corrected chi connectivity index (χ4v) is 1.67. The zero-order valence-corrected chi connectivity index (χ0v) is 9.74. The summed E-state index contributed by atoms with van der Waals surface area (Å²) in [5.74, 6) is 4.76. The summed E-state index contributed by atoms with van der Waals surface area (Å²) >= 11 is 5.82. The minimum Gasteiger partial charge on any atom is -0.290 e. The Hall–Kier alpha value is -1.84. The second kappa shape index (κ2) is 4.99. The molecule has 0 aliphatic carbocycles. The molecule has 17 heavy (non-hydrogen) atoms. The highest BCUT2D eigenvalue weighted by atomic mass is 35.5. The van der Waals surface area contributed by atoms with Crippen molar-refractivity contribution in [2.75, 3.05) is 0 Å². The minimum atomic E-state index is -0.298. The lowest BCUT2D eigenvalue weighted by atomic mass is 10.0. The molecule has 0 spiro atoms. The van der Waals surface area contributed by atoms with Gasteiger partial charge in [0, 0.05) is 10.6 Å². The number of hydrogen-bond acceptors (Lipinski definition) is 2. The topological polar surface area (TPSA) is 55.1 Å². The lowest BCUT2D eigenvalue weighted by Crippen LogP contribution is -2.29. The molecule has 1 amide bonds. The molecule has 0 radical (unpaired) electrons. The summed E-state index contributed by atoms with van der Waals surface area (Å²) in [6.07, 6.45) is 0. The van der Waals surface area contributed by atoms with Crippen LogP contribution in [0.25, 0.3) is 11.1 Å². The third-order valence-corrected chi connectivity index (χ3v) is 2.71. The number of halogens is 1. The maximum atomic E-state index is 11.3. The average Bonchev–Trinajstić information content (AvgIpc) is 2.39. The number of amides is 1. The molecule has 0 saturated carbocycles. The Balaban J connectivity index is 2.29. The van der Waals surface area contributed by atoms with Crippen LogP contribution in [0.3, 0.4) is 0 Å². The number of rotatable bonds is 2. The predicted octanol–water partition coefficient (Wildman–Crippen LogP) is 2.61. The van der Waals surface area contributed by atoms with Crippen molar-refractivity contribution < 1.29 is 4.79 Å². The number of carbonyl (C=O) groups excluding carboxylic acids is 1. The van der Waals surface area contributed by atoms with Crippen molar-refractivity contribution in [3.63, 3.8) is 0 Å². The van der Waals surface area contributed by atoms with Gasteiger partial charge in [-0.1, -0.05) is 35.9 Å². The largest absolute Gasteiger partial charge is 0.290 e. The highest BCUT2D eigenvalue weighted by Crippen LogP contribution is 2.21. The zero-order chi connectivity index (χ0) is 12.3. The zero-order valence-electron chi connectivity index (χ0n) is 8.98. The monoisotopic (exact) mass is 246 g/mol. The van der Waals surface area contributed by atoms with Gasteiger partial charge in [0.05, 0.1) is 0 Å². The van der Waals surface area contributed by atoms with Crippen LogP contribution in [0.1, 0.15) is 10.4 Å². The summed E-state index contributed by atoms with van der Waals surface area (Å²) in [6, 6.07) is 14.7. The second-order valence-corrected chi connectivity index (χ2v) is 3.99. The van der Waals surface area contributed by atoms with Crippen LogP contribution < -0.4 is 11.3 Å². The van der Waals surface area contributed by atoms with Crippen LogP contribution in [0.15, 0.2) is 48.5 Å². The molecular weight excluding hydrogens is 236 g/mol. The second-order valence-electron chi connectivity index (χ2n) is 3.56.